The predicted molar refractivity (Wildman–Crippen MR) is 105 cm³/mol. The van der Waals surface area contributed by atoms with Gasteiger partial charge in [-0.2, -0.15) is 5.10 Å². The number of imide groups is 1. The van der Waals surface area contributed by atoms with Gasteiger partial charge in [-0.3, -0.25) is 24.0 Å². The third-order valence-electron chi connectivity index (χ3n) is 5.70. The molecule has 1 aliphatic carbocycles. The molecular formula is C19H28N6O4. The zero-order chi connectivity index (χ0) is 21.0. The van der Waals surface area contributed by atoms with E-state index in [1.807, 2.05) is 13.8 Å². The molecule has 1 aromatic heterocycles. The van der Waals surface area contributed by atoms with Crippen LogP contribution in [-0.4, -0.2) is 56.6 Å². The number of rotatable bonds is 8. The van der Waals surface area contributed by atoms with Gasteiger partial charge in [0.15, 0.2) is 0 Å². The fraction of sp³-hybridized carbons (Fsp3) is 0.632. The van der Waals surface area contributed by atoms with Crippen molar-refractivity contribution >= 4 is 29.4 Å². The Morgan fingerprint density at radius 2 is 1.86 bits per heavy atom. The van der Waals surface area contributed by atoms with Crippen LogP contribution in [0.25, 0.3) is 0 Å². The molecule has 1 saturated heterocycles. The molecule has 0 atom stereocenters. The smallest absolute Gasteiger partial charge is 0.325 e. The third kappa shape index (κ3) is 4.57. The van der Waals surface area contributed by atoms with Gasteiger partial charge in [-0.15, -0.1) is 0 Å². The summed E-state index contributed by atoms with van der Waals surface area (Å²) in [7, 11) is 0. The maximum absolute atomic E-state index is 12.6. The highest BCUT2D eigenvalue weighted by Crippen LogP contribution is 2.24. The molecule has 1 aliphatic heterocycles. The Kier molecular flexibility index (Phi) is 6.19. The minimum Gasteiger partial charge on any atom is -0.352 e. The predicted octanol–water partition coefficient (Wildman–Crippen LogP) is 0.991. The van der Waals surface area contributed by atoms with Gasteiger partial charge in [0.25, 0.3) is 5.91 Å². The molecule has 158 valence electrons. The maximum Gasteiger partial charge on any atom is 0.325 e. The van der Waals surface area contributed by atoms with Crippen molar-refractivity contribution in [2.75, 3.05) is 11.9 Å². The van der Waals surface area contributed by atoms with Crippen molar-refractivity contribution in [2.45, 2.75) is 70.5 Å². The van der Waals surface area contributed by atoms with Crippen molar-refractivity contribution in [3.63, 3.8) is 0 Å². The Morgan fingerprint density at radius 1 is 1.17 bits per heavy atom. The van der Waals surface area contributed by atoms with Crippen LogP contribution >= 0.6 is 0 Å². The van der Waals surface area contributed by atoms with Gasteiger partial charge >= 0.3 is 6.03 Å². The van der Waals surface area contributed by atoms with Crippen molar-refractivity contribution in [3.05, 3.63) is 12.4 Å². The van der Waals surface area contributed by atoms with Crippen molar-refractivity contribution in [2.24, 2.45) is 0 Å². The van der Waals surface area contributed by atoms with Gasteiger partial charge in [-0.05, 0) is 25.7 Å². The second kappa shape index (κ2) is 8.62. The summed E-state index contributed by atoms with van der Waals surface area (Å²) in [4.78, 5) is 50.0. The highest BCUT2D eigenvalue weighted by atomic mass is 16.2. The number of anilines is 1. The summed E-state index contributed by atoms with van der Waals surface area (Å²) >= 11 is 0. The minimum absolute atomic E-state index is 0.0644. The van der Waals surface area contributed by atoms with Crippen LogP contribution in [0.5, 0.6) is 0 Å². The standard InChI is InChI=1S/C19H28N6O4/c1-3-19(4-2)17(28)25(18(29)23-19)12-16(27)22-14-9-20-24(10-14)11-15(26)21-13-7-5-6-8-13/h9-10,13H,3-8,11-12H2,1-2H3,(H,21,26)(H,22,27)(H,23,29). The first kappa shape index (κ1) is 20.8. The Labute approximate surface area is 169 Å². The molecule has 3 N–H and O–H groups in total. The van der Waals surface area contributed by atoms with Crippen LogP contribution in [0.15, 0.2) is 12.4 Å². The monoisotopic (exact) mass is 404 g/mol. The fourth-order valence-corrected chi connectivity index (χ4v) is 3.90. The molecule has 3 rings (SSSR count). The molecule has 2 fully saturated rings. The van der Waals surface area contributed by atoms with Crippen LogP contribution in [0.4, 0.5) is 10.5 Å². The van der Waals surface area contributed by atoms with E-state index in [0.29, 0.717) is 18.5 Å². The Morgan fingerprint density at radius 3 is 2.48 bits per heavy atom. The first-order valence-electron chi connectivity index (χ1n) is 10.1. The summed E-state index contributed by atoms with van der Waals surface area (Å²) in [6, 6.07) is -0.326. The number of carbonyl (C=O) groups excluding carboxylic acids is 4. The summed E-state index contributed by atoms with van der Waals surface area (Å²) in [5.74, 6) is -1.01. The Balaban J connectivity index is 1.52. The number of hydrogen-bond donors (Lipinski definition) is 3. The number of carbonyl (C=O) groups is 4. The maximum atomic E-state index is 12.6. The summed E-state index contributed by atoms with van der Waals surface area (Å²) in [5, 5.41) is 12.4. The molecule has 5 amide bonds. The van der Waals surface area contributed by atoms with Crippen LogP contribution in [0.2, 0.25) is 0 Å². The van der Waals surface area contributed by atoms with Gasteiger partial charge in [0.2, 0.25) is 11.8 Å². The van der Waals surface area contributed by atoms with Gasteiger partial charge in [-0.1, -0.05) is 26.7 Å². The second-order valence-electron chi connectivity index (χ2n) is 7.63. The van der Waals surface area contributed by atoms with Crippen LogP contribution in [0, 0.1) is 0 Å². The molecule has 2 aliphatic rings. The summed E-state index contributed by atoms with van der Waals surface area (Å²) in [6.07, 6.45) is 8.17. The molecule has 29 heavy (non-hydrogen) atoms. The quantitative estimate of drug-likeness (QED) is 0.557. The molecule has 0 aromatic carbocycles. The highest BCUT2D eigenvalue weighted by molar-refractivity contribution is 6.10. The minimum atomic E-state index is -0.936. The molecule has 1 saturated carbocycles. The Bertz CT molecular complexity index is 794. The number of hydrogen-bond acceptors (Lipinski definition) is 5. The molecule has 10 nitrogen and oxygen atoms in total. The number of nitrogens with one attached hydrogen (secondary N) is 3. The second-order valence-corrected chi connectivity index (χ2v) is 7.63. The lowest BCUT2D eigenvalue weighted by molar-refractivity contribution is -0.134. The van der Waals surface area contributed by atoms with E-state index in [9.17, 15) is 19.2 Å². The molecule has 2 heterocycles. The SMILES string of the molecule is CCC1(CC)NC(=O)N(CC(=O)Nc2cnn(CC(=O)NC3CCCC3)c2)C1=O. The van der Waals surface area contributed by atoms with Crippen molar-refractivity contribution < 1.29 is 19.2 Å². The summed E-state index contributed by atoms with van der Waals surface area (Å²) < 4.78 is 1.44. The first-order chi connectivity index (χ1) is 13.9. The van der Waals surface area contributed by atoms with Crippen LogP contribution in [-0.2, 0) is 20.9 Å². The number of nitrogens with zero attached hydrogens (tertiary/aromatic N) is 3. The average molecular weight is 404 g/mol. The van der Waals surface area contributed by atoms with E-state index in [-0.39, 0.29) is 30.9 Å². The average Bonchev–Trinajstić information content (AvgIpc) is 3.39. The lowest BCUT2D eigenvalue weighted by Crippen LogP contribution is -2.46. The van der Waals surface area contributed by atoms with Crippen molar-refractivity contribution in [3.8, 4) is 0 Å². The van der Waals surface area contributed by atoms with Gasteiger partial charge in [0.05, 0.1) is 11.9 Å². The highest BCUT2D eigenvalue weighted by Gasteiger charge is 2.49. The van der Waals surface area contributed by atoms with E-state index in [1.54, 1.807) is 6.20 Å². The van der Waals surface area contributed by atoms with E-state index in [1.165, 1.54) is 10.9 Å². The first-order valence-corrected chi connectivity index (χ1v) is 10.1. The third-order valence-corrected chi connectivity index (χ3v) is 5.70. The zero-order valence-electron chi connectivity index (χ0n) is 16.9. The molecule has 0 bridgehead atoms. The normalized spacial score (nSPS) is 18.8. The van der Waals surface area contributed by atoms with Crippen LogP contribution < -0.4 is 16.0 Å². The fourth-order valence-electron chi connectivity index (χ4n) is 3.90. The molecule has 0 spiro atoms. The van der Waals surface area contributed by atoms with Crippen LogP contribution in [0.3, 0.4) is 0 Å². The molecule has 0 unspecified atom stereocenters. The topological polar surface area (TPSA) is 125 Å². The summed E-state index contributed by atoms with van der Waals surface area (Å²) in [5.41, 5.74) is -0.539. The number of urea groups is 1. The largest absolute Gasteiger partial charge is 0.352 e. The number of amides is 5. The van der Waals surface area contributed by atoms with E-state index >= 15 is 0 Å². The van der Waals surface area contributed by atoms with Gasteiger partial charge in [-0.25, -0.2) is 4.79 Å². The van der Waals surface area contributed by atoms with E-state index in [0.717, 1.165) is 30.6 Å². The zero-order valence-corrected chi connectivity index (χ0v) is 16.9. The summed E-state index contributed by atoms with van der Waals surface area (Å²) in [6.45, 7) is 3.33. The van der Waals surface area contributed by atoms with E-state index < -0.39 is 17.5 Å². The lowest BCUT2D eigenvalue weighted by Gasteiger charge is -2.22. The van der Waals surface area contributed by atoms with Gasteiger partial charge in [0, 0.05) is 12.2 Å². The van der Waals surface area contributed by atoms with Gasteiger partial charge < -0.3 is 16.0 Å². The van der Waals surface area contributed by atoms with Crippen molar-refractivity contribution in [1.82, 2.24) is 25.3 Å². The Hall–Kier alpha value is -2.91. The van der Waals surface area contributed by atoms with Gasteiger partial charge in [0.1, 0.15) is 18.6 Å². The van der Waals surface area contributed by atoms with E-state index in [4.69, 9.17) is 0 Å². The van der Waals surface area contributed by atoms with Crippen LogP contribution in [0.1, 0.15) is 52.4 Å². The van der Waals surface area contributed by atoms with E-state index in [2.05, 4.69) is 21.0 Å². The lowest BCUT2D eigenvalue weighted by atomic mass is 9.93. The molecule has 1 aromatic rings. The molecular weight excluding hydrogens is 376 g/mol. The molecule has 10 heteroatoms. The molecule has 0 radical (unpaired) electrons. The van der Waals surface area contributed by atoms with Crippen molar-refractivity contribution in [1.29, 1.82) is 0 Å². The number of aromatic nitrogens is 2.